The second-order valence-electron chi connectivity index (χ2n) is 3.13. The van der Waals surface area contributed by atoms with Crippen molar-refractivity contribution in [3.63, 3.8) is 0 Å². The van der Waals surface area contributed by atoms with Crippen molar-refractivity contribution in [2.75, 3.05) is 6.26 Å². The Balaban J connectivity index is 2.29. The van der Waals surface area contributed by atoms with E-state index in [0.717, 1.165) is 11.8 Å². The zero-order valence-corrected chi connectivity index (χ0v) is 7.94. The minimum absolute atomic E-state index is 0.784. The molecule has 0 amide bonds. The molecule has 1 rings (SSSR count). The average Bonchev–Trinajstić information content (AvgIpc) is 2.48. The lowest BCUT2D eigenvalue weighted by atomic mass is 10.1. The van der Waals surface area contributed by atoms with Crippen molar-refractivity contribution < 1.29 is 0 Å². The summed E-state index contributed by atoms with van der Waals surface area (Å²) in [6.45, 7) is 3.83. The predicted molar refractivity (Wildman–Crippen MR) is 53.7 cm³/mol. The molecule has 1 aliphatic rings. The largest absolute Gasteiger partial charge is 0.138 e. The van der Waals surface area contributed by atoms with Crippen LogP contribution in [0.5, 0.6) is 0 Å². The fourth-order valence-corrected chi connectivity index (χ4v) is 2.01. The van der Waals surface area contributed by atoms with Gasteiger partial charge >= 0.3 is 0 Å². The van der Waals surface area contributed by atoms with E-state index in [9.17, 15) is 0 Å². The molecule has 0 bridgehead atoms. The Bertz CT molecular complexity index is 149. The molecule has 0 aromatic rings. The number of thioether (sulfide) groups is 1. The molecule has 1 heteroatoms. The zero-order chi connectivity index (χ0) is 8.10. The molecule has 1 aliphatic carbocycles. The van der Waals surface area contributed by atoms with Gasteiger partial charge in [0.1, 0.15) is 0 Å². The summed E-state index contributed by atoms with van der Waals surface area (Å²) in [4.78, 5) is 0. The van der Waals surface area contributed by atoms with Gasteiger partial charge in [0.15, 0.2) is 0 Å². The third-order valence-corrected chi connectivity index (χ3v) is 2.76. The number of allylic oxidation sites excluding steroid dienone is 2. The van der Waals surface area contributed by atoms with Crippen LogP contribution >= 0.6 is 11.8 Å². The van der Waals surface area contributed by atoms with Gasteiger partial charge in [0.05, 0.1) is 0 Å². The molecule has 1 saturated carbocycles. The van der Waals surface area contributed by atoms with Gasteiger partial charge in [0, 0.05) is 0 Å². The Hall–Kier alpha value is -0.170. The maximum Gasteiger partial charge on any atom is -0.0142 e. The first-order valence-corrected chi connectivity index (χ1v) is 5.47. The van der Waals surface area contributed by atoms with Crippen LogP contribution in [-0.4, -0.2) is 6.26 Å². The van der Waals surface area contributed by atoms with Gasteiger partial charge in [-0.3, -0.25) is 0 Å². The van der Waals surface area contributed by atoms with E-state index in [1.807, 2.05) is 0 Å². The molecule has 0 N–H and O–H groups in total. The highest BCUT2D eigenvalue weighted by Gasteiger charge is 2.19. The Kier molecular flexibility index (Phi) is 3.78. The summed E-state index contributed by atoms with van der Waals surface area (Å²) in [6, 6.07) is 0. The van der Waals surface area contributed by atoms with E-state index < -0.39 is 0 Å². The average molecular weight is 168 g/mol. The van der Waals surface area contributed by atoms with Crippen molar-refractivity contribution >= 4 is 11.8 Å². The highest BCUT2D eigenvalue weighted by Crippen LogP contribution is 2.32. The van der Waals surface area contributed by atoms with Gasteiger partial charge in [0.2, 0.25) is 0 Å². The maximum atomic E-state index is 3.83. The highest BCUT2D eigenvalue weighted by atomic mass is 32.2. The van der Waals surface area contributed by atoms with E-state index in [4.69, 9.17) is 0 Å². The lowest BCUT2D eigenvalue weighted by Gasteiger charge is -2.01. The molecule has 62 valence electrons. The Morgan fingerprint density at radius 2 is 2.09 bits per heavy atom. The Morgan fingerprint density at radius 1 is 1.36 bits per heavy atom. The van der Waals surface area contributed by atoms with Crippen LogP contribution < -0.4 is 0 Å². The van der Waals surface area contributed by atoms with E-state index in [1.54, 1.807) is 11.8 Å². The molecule has 1 fully saturated rings. The molecule has 2 atom stereocenters. The monoisotopic (exact) mass is 168 g/mol. The lowest BCUT2D eigenvalue weighted by Crippen LogP contribution is -1.88. The van der Waals surface area contributed by atoms with Crippen LogP contribution in [0.1, 0.15) is 19.3 Å². The molecule has 0 aromatic heterocycles. The molecular formula is C10H16S. The van der Waals surface area contributed by atoms with Gasteiger partial charge in [-0.1, -0.05) is 12.2 Å². The van der Waals surface area contributed by atoms with E-state index in [0.29, 0.717) is 0 Å². The topological polar surface area (TPSA) is 0 Å². The smallest absolute Gasteiger partial charge is 0.0142 e. The SMILES string of the molecule is C=CC1CCC(/C=C/SC)C1. The summed E-state index contributed by atoms with van der Waals surface area (Å²) in [5.74, 6) is 1.61. The fourth-order valence-electron chi connectivity index (χ4n) is 1.63. The van der Waals surface area contributed by atoms with Gasteiger partial charge in [-0.2, -0.15) is 0 Å². The first kappa shape index (κ1) is 8.92. The fraction of sp³-hybridized carbons (Fsp3) is 0.600. The predicted octanol–water partition coefficient (Wildman–Crippen LogP) is 3.47. The molecule has 11 heavy (non-hydrogen) atoms. The molecule has 0 aliphatic heterocycles. The van der Waals surface area contributed by atoms with Crippen LogP contribution in [0.2, 0.25) is 0 Å². The first-order valence-electron chi connectivity index (χ1n) is 4.19. The summed E-state index contributed by atoms with van der Waals surface area (Å²) in [6.07, 6.45) is 10.6. The Labute approximate surface area is 73.8 Å². The first-order chi connectivity index (χ1) is 5.36. The normalized spacial score (nSPS) is 31.4. The van der Waals surface area contributed by atoms with Crippen LogP contribution in [0.25, 0.3) is 0 Å². The third-order valence-electron chi connectivity index (χ3n) is 2.33. The van der Waals surface area contributed by atoms with Gasteiger partial charge in [-0.15, -0.1) is 18.3 Å². The quantitative estimate of drug-likeness (QED) is 0.581. The molecule has 2 unspecified atom stereocenters. The van der Waals surface area contributed by atoms with E-state index >= 15 is 0 Å². The van der Waals surface area contributed by atoms with E-state index in [2.05, 4.69) is 30.4 Å². The summed E-state index contributed by atoms with van der Waals surface area (Å²) in [7, 11) is 0. The van der Waals surface area contributed by atoms with Gasteiger partial charge in [0.25, 0.3) is 0 Å². The molecular weight excluding hydrogens is 152 g/mol. The van der Waals surface area contributed by atoms with Crippen LogP contribution in [0.4, 0.5) is 0 Å². The van der Waals surface area contributed by atoms with Crippen molar-refractivity contribution in [1.29, 1.82) is 0 Å². The number of rotatable bonds is 3. The van der Waals surface area contributed by atoms with Gasteiger partial charge < -0.3 is 0 Å². The summed E-state index contributed by atoms with van der Waals surface area (Å²) in [5, 5.41) is 2.20. The van der Waals surface area contributed by atoms with E-state index in [1.165, 1.54) is 19.3 Å². The van der Waals surface area contributed by atoms with Crippen LogP contribution in [0, 0.1) is 11.8 Å². The molecule has 0 saturated heterocycles. The minimum atomic E-state index is 0.784. The molecule has 0 heterocycles. The molecule has 0 nitrogen and oxygen atoms in total. The minimum Gasteiger partial charge on any atom is -0.138 e. The van der Waals surface area contributed by atoms with Gasteiger partial charge in [-0.05, 0) is 42.8 Å². The second-order valence-corrected chi connectivity index (χ2v) is 3.88. The summed E-state index contributed by atoms with van der Waals surface area (Å²) >= 11 is 1.79. The molecule has 0 aromatic carbocycles. The third kappa shape index (κ3) is 2.74. The second kappa shape index (κ2) is 4.66. The van der Waals surface area contributed by atoms with Gasteiger partial charge in [-0.25, -0.2) is 0 Å². The maximum absolute atomic E-state index is 3.83. The summed E-state index contributed by atoms with van der Waals surface area (Å²) in [5.41, 5.74) is 0. The van der Waals surface area contributed by atoms with Crippen LogP contribution in [0.15, 0.2) is 24.1 Å². The standard InChI is InChI=1S/C10H16S/c1-3-9-4-5-10(8-9)6-7-11-2/h3,6-7,9-10H,1,4-5,8H2,2H3/b7-6+. The van der Waals surface area contributed by atoms with Crippen molar-refractivity contribution in [3.05, 3.63) is 24.1 Å². The molecule has 0 radical (unpaired) electrons. The van der Waals surface area contributed by atoms with Crippen LogP contribution in [0.3, 0.4) is 0 Å². The number of hydrogen-bond acceptors (Lipinski definition) is 1. The van der Waals surface area contributed by atoms with Crippen LogP contribution in [-0.2, 0) is 0 Å². The summed E-state index contributed by atoms with van der Waals surface area (Å²) < 4.78 is 0. The molecule has 0 spiro atoms. The highest BCUT2D eigenvalue weighted by molar-refractivity contribution is 8.01. The Morgan fingerprint density at radius 3 is 2.64 bits per heavy atom. The van der Waals surface area contributed by atoms with Crippen molar-refractivity contribution in [2.24, 2.45) is 11.8 Å². The van der Waals surface area contributed by atoms with Crippen molar-refractivity contribution in [1.82, 2.24) is 0 Å². The zero-order valence-electron chi connectivity index (χ0n) is 7.12. The van der Waals surface area contributed by atoms with Crippen molar-refractivity contribution in [2.45, 2.75) is 19.3 Å². The lowest BCUT2D eigenvalue weighted by molar-refractivity contribution is 0.640. The van der Waals surface area contributed by atoms with Crippen molar-refractivity contribution in [3.8, 4) is 0 Å². The van der Waals surface area contributed by atoms with E-state index in [-0.39, 0.29) is 0 Å². The number of hydrogen-bond donors (Lipinski definition) is 0.